The summed E-state index contributed by atoms with van der Waals surface area (Å²) in [6.07, 6.45) is 1.13. The fourth-order valence-electron chi connectivity index (χ4n) is 3.75. The summed E-state index contributed by atoms with van der Waals surface area (Å²) in [4.78, 5) is 30.7. The Bertz CT molecular complexity index is 666. The topological polar surface area (TPSA) is 65.1 Å². The van der Waals surface area contributed by atoms with Gasteiger partial charge in [0.15, 0.2) is 0 Å². The normalized spacial score (nSPS) is 20.8. The van der Waals surface area contributed by atoms with Crippen molar-refractivity contribution in [2.45, 2.75) is 19.9 Å². The predicted molar refractivity (Wildman–Crippen MR) is 104 cm³/mol. The first-order valence-electron chi connectivity index (χ1n) is 9.75. The van der Waals surface area contributed by atoms with Crippen LogP contribution in [0.5, 0.6) is 5.75 Å². The van der Waals surface area contributed by atoms with Crippen LogP contribution in [0.4, 0.5) is 4.79 Å². The Balaban J connectivity index is 1.45. The number of urea groups is 1. The van der Waals surface area contributed by atoms with Gasteiger partial charge in [0, 0.05) is 32.7 Å². The van der Waals surface area contributed by atoms with Gasteiger partial charge in [-0.2, -0.15) is 0 Å². The number of nitrogens with zero attached hydrogens (tertiary/aromatic N) is 3. The maximum Gasteiger partial charge on any atom is 0.317 e. The molecular weight excluding hydrogens is 344 g/mol. The van der Waals surface area contributed by atoms with Gasteiger partial charge in [-0.3, -0.25) is 4.79 Å². The molecule has 1 N–H and O–H groups in total. The first-order valence-corrected chi connectivity index (χ1v) is 9.75. The van der Waals surface area contributed by atoms with E-state index < -0.39 is 0 Å². The van der Waals surface area contributed by atoms with E-state index in [9.17, 15) is 9.59 Å². The first-order chi connectivity index (χ1) is 13.1. The van der Waals surface area contributed by atoms with Crippen molar-refractivity contribution in [3.63, 3.8) is 0 Å². The van der Waals surface area contributed by atoms with Crippen LogP contribution in [0.1, 0.15) is 18.9 Å². The summed E-state index contributed by atoms with van der Waals surface area (Å²) >= 11 is 0. The molecule has 3 amide bonds. The largest absolute Gasteiger partial charge is 0.497 e. The van der Waals surface area contributed by atoms with Crippen LogP contribution < -0.4 is 10.1 Å². The van der Waals surface area contributed by atoms with Gasteiger partial charge < -0.3 is 24.8 Å². The molecule has 7 nitrogen and oxygen atoms in total. The number of benzene rings is 1. The van der Waals surface area contributed by atoms with Gasteiger partial charge in [-0.25, -0.2) is 4.79 Å². The Kier molecular flexibility index (Phi) is 6.55. The van der Waals surface area contributed by atoms with Gasteiger partial charge in [0.1, 0.15) is 12.3 Å². The zero-order chi connectivity index (χ0) is 19.2. The molecule has 0 bridgehead atoms. The molecule has 2 fully saturated rings. The number of hydrogen-bond acceptors (Lipinski definition) is 4. The molecule has 0 saturated carbocycles. The van der Waals surface area contributed by atoms with E-state index in [4.69, 9.17) is 4.74 Å². The molecule has 0 unspecified atom stereocenters. The molecular formula is C20H30N4O3. The molecule has 27 heavy (non-hydrogen) atoms. The van der Waals surface area contributed by atoms with Gasteiger partial charge in [-0.1, -0.05) is 19.1 Å². The molecule has 1 aromatic rings. The second-order valence-electron chi connectivity index (χ2n) is 7.32. The highest BCUT2D eigenvalue weighted by molar-refractivity contribution is 5.85. The molecule has 7 heteroatoms. The van der Waals surface area contributed by atoms with Crippen LogP contribution in [0, 0.1) is 5.92 Å². The third kappa shape index (κ3) is 5.13. The zero-order valence-corrected chi connectivity index (χ0v) is 16.3. The fourth-order valence-corrected chi connectivity index (χ4v) is 3.75. The second kappa shape index (κ2) is 9.08. The molecule has 3 rings (SSSR count). The van der Waals surface area contributed by atoms with E-state index in [1.165, 1.54) is 0 Å². The average Bonchev–Trinajstić information content (AvgIpc) is 3.16. The number of nitrogens with one attached hydrogen (secondary N) is 1. The maximum absolute atomic E-state index is 12.5. The predicted octanol–water partition coefficient (Wildman–Crippen LogP) is 1.39. The van der Waals surface area contributed by atoms with Crippen molar-refractivity contribution in [3.05, 3.63) is 29.8 Å². The van der Waals surface area contributed by atoms with E-state index in [-0.39, 0.29) is 18.5 Å². The summed E-state index contributed by atoms with van der Waals surface area (Å²) in [6, 6.07) is 7.60. The van der Waals surface area contributed by atoms with E-state index in [1.807, 2.05) is 24.3 Å². The number of carbonyl (C=O) groups excluding carboxylic acids is 2. The van der Waals surface area contributed by atoms with Gasteiger partial charge in [-0.15, -0.1) is 0 Å². The van der Waals surface area contributed by atoms with Crippen molar-refractivity contribution in [1.82, 2.24) is 20.0 Å². The van der Waals surface area contributed by atoms with Crippen LogP contribution in [0.25, 0.3) is 0 Å². The number of rotatable bonds is 6. The molecule has 2 aliphatic heterocycles. The number of hydrogen-bond donors (Lipinski definition) is 1. The molecule has 148 valence electrons. The highest BCUT2D eigenvalue weighted by Gasteiger charge is 2.28. The van der Waals surface area contributed by atoms with E-state index in [2.05, 4.69) is 17.1 Å². The molecule has 0 radical (unpaired) electrons. The Labute approximate surface area is 161 Å². The van der Waals surface area contributed by atoms with E-state index in [0.717, 1.165) is 37.4 Å². The third-order valence-corrected chi connectivity index (χ3v) is 5.47. The van der Waals surface area contributed by atoms with Gasteiger partial charge in [0.05, 0.1) is 7.11 Å². The van der Waals surface area contributed by atoms with E-state index in [0.29, 0.717) is 32.1 Å². The number of likely N-dealkylation sites (tertiary alicyclic amines) is 1. The molecule has 1 aromatic carbocycles. The first kappa shape index (κ1) is 19.5. The summed E-state index contributed by atoms with van der Waals surface area (Å²) in [5, 5.41) is 3.01. The van der Waals surface area contributed by atoms with Crippen LogP contribution in [-0.4, -0.2) is 79.6 Å². The van der Waals surface area contributed by atoms with Crippen molar-refractivity contribution in [2.75, 3.05) is 52.9 Å². The Morgan fingerprint density at radius 3 is 2.85 bits per heavy atom. The summed E-state index contributed by atoms with van der Waals surface area (Å²) in [7, 11) is 1.63. The Hall–Kier alpha value is -2.28. The third-order valence-electron chi connectivity index (χ3n) is 5.47. The Morgan fingerprint density at radius 1 is 1.30 bits per heavy atom. The minimum Gasteiger partial charge on any atom is -0.497 e. The molecule has 2 saturated heterocycles. The lowest BCUT2D eigenvalue weighted by Gasteiger charge is -2.34. The molecule has 2 aliphatic rings. The van der Waals surface area contributed by atoms with Crippen molar-refractivity contribution in [1.29, 1.82) is 0 Å². The SMILES string of the molecule is CCN1CC[C@@H](CNC(=O)N2CCN(Cc3cccc(OC)c3)C(=O)C2)C1. The standard InChI is InChI=1S/C20H30N4O3/c1-3-22-8-7-17(13-22)12-21-20(26)24-10-9-23(19(25)15-24)14-16-5-4-6-18(11-16)27-2/h4-6,11,17H,3,7-10,12-15H2,1-2H3,(H,21,26)/t17-/m0/s1. The maximum atomic E-state index is 12.5. The average molecular weight is 374 g/mol. The van der Waals surface area contributed by atoms with Gasteiger partial charge in [-0.05, 0) is 43.1 Å². The number of carbonyl (C=O) groups is 2. The minimum atomic E-state index is -0.126. The molecule has 0 aromatic heterocycles. The highest BCUT2D eigenvalue weighted by atomic mass is 16.5. The highest BCUT2D eigenvalue weighted by Crippen LogP contribution is 2.17. The lowest BCUT2D eigenvalue weighted by molar-refractivity contribution is -0.135. The van der Waals surface area contributed by atoms with Crippen molar-refractivity contribution in [3.8, 4) is 5.75 Å². The van der Waals surface area contributed by atoms with Gasteiger partial charge >= 0.3 is 6.03 Å². The van der Waals surface area contributed by atoms with Crippen LogP contribution in [0.2, 0.25) is 0 Å². The zero-order valence-electron chi connectivity index (χ0n) is 16.3. The van der Waals surface area contributed by atoms with Gasteiger partial charge in [0.25, 0.3) is 0 Å². The van der Waals surface area contributed by atoms with Crippen molar-refractivity contribution in [2.24, 2.45) is 5.92 Å². The van der Waals surface area contributed by atoms with Crippen molar-refractivity contribution >= 4 is 11.9 Å². The summed E-state index contributed by atoms with van der Waals surface area (Å²) in [6.45, 7) is 7.87. The van der Waals surface area contributed by atoms with Gasteiger partial charge in [0.2, 0.25) is 5.91 Å². The molecule has 1 atom stereocenters. The van der Waals surface area contributed by atoms with Crippen LogP contribution in [0.15, 0.2) is 24.3 Å². The van der Waals surface area contributed by atoms with Crippen LogP contribution in [0.3, 0.4) is 0 Å². The molecule has 0 aliphatic carbocycles. The summed E-state index contributed by atoms with van der Waals surface area (Å²) in [5.74, 6) is 1.28. The quantitative estimate of drug-likeness (QED) is 0.817. The van der Waals surface area contributed by atoms with Crippen LogP contribution >= 0.6 is 0 Å². The molecule has 0 spiro atoms. The van der Waals surface area contributed by atoms with Crippen LogP contribution in [-0.2, 0) is 11.3 Å². The smallest absolute Gasteiger partial charge is 0.317 e. The number of ether oxygens (including phenoxy) is 1. The molecule has 2 heterocycles. The minimum absolute atomic E-state index is 0.0164. The van der Waals surface area contributed by atoms with E-state index >= 15 is 0 Å². The van der Waals surface area contributed by atoms with Crippen molar-refractivity contribution < 1.29 is 14.3 Å². The fraction of sp³-hybridized carbons (Fsp3) is 0.600. The van der Waals surface area contributed by atoms with E-state index in [1.54, 1.807) is 16.9 Å². The Morgan fingerprint density at radius 2 is 2.15 bits per heavy atom. The lowest BCUT2D eigenvalue weighted by atomic mass is 10.1. The lowest BCUT2D eigenvalue weighted by Crippen LogP contribution is -2.54. The number of piperazine rings is 1. The second-order valence-corrected chi connectivity index (χ2v) is 7.32. The number of amides is 3. The summed E-state index contributed by atoms with van der Waals surface area (Å²) in [5.41, 5.74) is 1.03. The summed E-state index contributed by atoms with van der Waals surface area (Å²) < 4.78 is 5.23. The number of methoxy groups -OCH3 is 1. The monoisotopic (exact) mass is 374 g/mol.